The number of benzene rings is 3. The molecule has 0 amide bonds. The molecule has 2 atom stereocenters. The van der Waals surface area contributed by atoms with Gasteiger partial charge in [0.15, 0.2) is 0 Å². The Morgan fingerprint density at radius 2 is 1.33 bits per heavy atom. The normalized spacial score (nSPS) is 13.5. The summed E-state index contributed by atoms with van der Waals surface area (Å²) in [4.78, 5) is 0. The Balaban J connectivity index is 1.82. The molecule has 4 nitrogen and oxygen atoms in total. The zero-order valence-corrected chi connectivity index (χ0v) is 17.8. The van der Waals surface area contributed by atoms with Gasteiger partial charge < -0.3 is 14.2 Å². The molecular weight excluding hydrogens is 370 g/mol. The molecule has 4 aromatic rings. The highest BCUT2D eigenvalue weighted by Crippen LogP contribution is 2.26. The van der Waals surface area contributed by atoms with Crippen LogP contribution >= 0.6 is 0 Å². The summed E-state index contributed by atoms with van der Waals surface area (Å²) in [5, 5.41) is 19.3. The Morgan fingerprint density at radius 1 is 0.800 bits per heavy atom. The van der Waals surface area contributed by atoms with E-state index in [1.165, 1.54) is 16.7 Å². The van der Waals surface area contributed by atoms with Gasteiger partial charge in [-0.1, -0.05) is 71.8 Å². The van der Waals surface area contributed by atoms with Gasteiger partial charge in [-0.15, -0.1) is 0 Å². The molecule has 1 heterocycles. The third-order valence-corrected chi connectivity index (χ3v) is 5.97. The molecule has 3 aromatic carbocycles. The summed E-state index contributed by atoms with van der Waals surface area (Å²) in [5.74, 6) is 0. The Hall–Kier alpha value is -3.11. The second-order valence-corrected chi connectivity index (χ2v) is 8.17. The number of aromatic nitrogens is 2. The van der Waals surface area contributed by atoms with E-state index in [0.29, 0.717) is 12.0 Å². The van der Waals surface area contributed by atoms with Gasteiger partial charge in [-0.25, -0.2) is 0 Å². The van der Waals surface area contributed by atoms with Crippen molar-refractivity contribution in [2.24, 2.45) is 0 Å². The van der Waals surface area contributed by atoms with Gasteiger partial charge in [0, 0.05) is 0 Å². The number of imidazole rings is 1. The van der Waals surface area contributed by atoms with Crippen molar-refractivity contribution in [3.63, 3.8) is 0 Å². The van der Waals surface area contributed by atoms with Gasteiger partial charge in [-0.2, -0.15) is 0 Å². The highest BCUT2D eigenvalue weighted by Gasteiger charge is 2.21. The Kier molecular flexibility index (Phi) is 5.60. The molecule has 4 rings (SSSR count). The minimum Gasteiger partial charge on any atom is -0.394 e. The van der Waals surface area contributed by atoms with Crippen molar-refractivity contribution in [1.82, 2.24) is 9.13 Å². The first kappa shape index (κ1) is 20.2. The van der Waals surface area contributed by atoms with Crippen molar-refractivity contribution in [1.29, 1.82) is 5.41 Å². The van der Waals surface area contributed by atoms with E-state index >= 15 is 0 Å². The van der Waals surface area contributed by atoms with Gasteiger partial charge in [0.05, 0.1) is 29.7 Å². The fourth-order valence-corrected chi connectivity index (χ4v) is 4.21. The number of aryl methyl sites for hydroxylation is 2. The van der Waals surface area contributed by atoms with E-state index in [0.717, 1.165) is 16.6 Å². The lowest BCUT2D eigenvalue weighted by Gasteiger charge is -2.19. The molecular formula is C26H29N3O. The molecule has 154 valence electrons. The summed E-state index contributed by atoms with van der Waals surface area (Å²) in [6.07, 6.45) is 0.681. The van der Waals surface area contributed by atoms with Crippen LogP contribution in [-0.2, 0) is 6.42 Å². The topological polar surface area (TPSA) is 53.9 Å². The van der Waals surface area contributed by atoms with E-state index < -0.39 is 0 Å². The number of nitrogens with zero attached hydrogens (tertiary/aromatic N) is 2. The largest absolute Gasteiger partial charge is 0.394 e. The second-order valence-electron chi connectivity index (χ2n) is 8.17. The second kappa shape index (κ2) is 8.33. The van der Waals surface area contributed by atoms with Crippen LogP contribution in [-0.4, -0.2) is 20.8 Å². The molecule has 0 bridgehead atoms. The van der Waals surface area contributed by atoms with Crippen LogP contribution in [0.25, 0.3) is 11.0 Å². The van der Waals surface area contributed by atoms with Crippen LogP contribution in [0.15, 0.2) is 72.8 Å². The van der Waals surface area contributed by atoms with Gasteiger partial charge >= 0.3 is 0 Å². The third kappa shape index (κ3) is 3.71. The highest BCUT2D eigenvalue weighted by molar-refractivity contribution is 5.76. The van der Waals surface area contributed by atoms with Crippen molar-refractivity contribution >= 4 is 11.0 Å². The number of para-hydroxylation sites is 2. The number of fused-ring (bicyclic) bond motifs is 1. The average molecular weight is 400 g/mol. The van der Waals surface area contributed by atoms with Crippen molar-refractivity contribution < 1.29 is 5.11 Å². The lowest BCUT2D eigenvalue weighted by atomic mass is 10.0. The summed E-state index contributed by atoms with van der Waals surface area (Å²) in [6, 6.07) is 24.8. The molecule has 30 heavy (non-hydrogen) atoms. The van der Waals surface area contributed by atoms with Crippen LogP contribution in [0.5, 0.6) is 0 Å². The molecule has 0 spiro atoms. The summed E-state index contributed by atoms with van der Waals surface area (Å²) >= 11 is 0. The van der Waals surface area contributed by atoms with Gasteiger partial charge in [-0.3, -0.25) is 5.41 Å². The minimum atomic E-state index is -0.198. The number of aliphatic hydroxyl groups excluding tert-OH is 1. The van der Waals surface area contributed by atoms with Crippen molar-refractivity contribution in [3.8, 4) is 0 Å². The molecule has 0 saturated carbocycles. The molecule has 1 aromatic heterocycles. The first-order chi connectivity index (χ1) is 14.5. The average Bonchev–Trinajstić information content (AvgIpc) is 3.05. The van der Waals surface area contributed by atoms with Gasteiger partial charge in [0.1, 0.15) is 0 Å². The van der Waals surface area contributed by atoms with Gasteiger partial charge in [-0.05, 0) is 50.5 Å². The zero-order valence-electron chi connectivity index (χ0n) is 17.8. The van der Waals surface area contributed by atoms with Crippen LogP contribution in [0.3, 0.4) is 0 Å². The van der Waals surface area contributed by atoms with E-state index in [4.69, 9.17) is 5.41 Å². The number of hydrogen-bond acceptors (Lipinski definition) is 2. The molecule has 0 aliphatic rings. The van der Waals surface area contributed by atoms with Gasteiger partial charge in [0.2, 0.25) is 5.62 Å². The molecule has 2 N–H and O–H groups in total. The summed E-state index contributed by atoms with van der Waals surface area (Å²) < 4.78 is 4.05. The number of aliphatic hydroxyl groups is 1. The standard InChI is InChI=1S/C26H29N3O/c1-18-8-12-21(13-9-18)16-23(17-30)29-25-7-5-4-6-24(25)28(26(29)27)20(3)22-14-10-19(2)11-15-22/h4-15,20,23,27,30H,16-17H2,1-3H3/t20?,23-/m1/s1. The molecule has 0 aliphatic heterocycles. The van der Waals surface area contributed by atoms with E-state index in [2.05, 4.69) is 79.9 Å². The van der Waals surface area contributed by atoms with Crippen LogP contribution in [0.1, 0.15) is 41.3 Å². The molecule has 0 saturated heterocycles. The number of nitrogens with one attached hydrogen (secondary N) is 1. The smallest absolute Gasteiger partial charge is 0.203 e. The van der Waals surface area contributed by atoms with Crippen LogP contribution < -0.4 is 5.62 Å². The van der Waals surface area contributed by atoms with Crippen molar-refractivity contribution in [2.45, 2.75) is 39.3 Å². The fraction of sp³-hybridized carbons (Fsp3) is 0.269. The summed E-state index contributed by atoms with van der Waals surface area (Å²) in [6.45, 7) is 6.27. The van der Waals surface area contributed by atoms with Crippen molar-refractivity contribution in [3.05, 3.63) is 101 Å². The van der Waals surface area contributed by atoms with Crippen molar-refractivity contribution in [2.75, 3.05) is 6.61 Å². The monoisotopic (exact) mass is 399 g/mol. The molecule has 0 aliphatic carbocycles. The van der Waals surface area contributed by atoms with Crippen LogP contribution in [0.2, 0.25) is 0 Å². The van der Waals surface area contributed by atoms with Crippen LogP contribution in [0, 0.1) is 19.3 Å². The maximum atomic E-state index is 10.3. The summed E-state index contributed by atoms with van der Waals surface area (Å²) in [5.41, 5.74) is 7.18. The lowest BCUT2D eigenvalue weighted by Crippen LogP contribution is -2.32. The number of rotatable bonds is 6. The quantitative estimate of drug-likeness (QED) is 0.475. The van der Waals surface area contributed by atoms with E-state index in [9.17, 15) is 5.11 Å². The lowest BCUT2D eigenvalue weighted by molar-refractivity contribution is 0.225. The minimum absolute atomic E-state index is 0.0165. The Morgan fingerprint density at radius 3 is 1.90 bits per heavy atom. The molecule has 0 radical (unpaired) electrons. The Labute approximate surface area is 177 Å². The predicted molar refractivity (Wildman–Crippen MR) is 122 cm³/mol. The SMILES string of the molecule is Cc1ccc(C[C@H](CO)n2c(=N)n(C(C)c3ccc(C)cc3)c3ccccc32)cc1. The van der Waals surface area contributed by atoms with Gasteiger partial charge in [0.25, 0.3) is 0 Å². The zero-order chi connectivity index (χ0) is 21.3. The van der Waals surface area contributed by atoms with E-state index in [-0.39, 0.29) is 18.7 Å². The first-order valence-corrected chi connectivity index (χ1v) is 10.5. The van der Waals surface area contributed by atoms with E-state index in [1.54, 1.807) is 0 Å². The maximum Gasteiger partial charge on any atom is 0.203 e. The summed E-state index contributed by atoms with van der Waals surface area (Å²) in [7, 11) is 0. The molecule has 1 unspecified atom stereocenters. The first-order valence-electron chi connectivity index (χ1n) is 10.5. The molecule has 0 fully saturated rings. The molecule has 4 heteroatoms. The maximum absolute atomic E-state index is 10.3. The number of hydrogen-bond donors (Lipinski definition) is 2. The fourth-order valence-electron chi connectivity index (χ4n) is 4.21. The van der Waals surface area contributed by atoms with Crippen LogP contribution in [0.4, 0.5) is 0 Å². The third-order valence-electron chi connectivity index (χ3n) is 5.97. The van der Waals surface area contributed by atoms with E-state index in [1.807, 2.05) is 22.8 Å². The predicted octanol–water partition coefficient (Wildman–Crippen LogP) is 4.92. The Bertz CT molecular complexity index is 1200. The highest BCUT2D eigenvalue weighted by atomic mass is 16.3.